The summed E-state index contributed by atoms with van der Waals surface area (Å²) in [6.07, 6.45) is 0.446. The first-order valence-corrected chi connectivity index (χ1v) is 12.3. The van der Waals surface area contributed by atoms with Crippen LogP contribution in [0.3, 0.4) is 0 Å². The van der Waals surface area contributed by atoms with Crippen LogP contribution in [-0.2, 0) is 21.9 Å². The van der Waals surface area contributed by atoms with Gasteiger partial charge < -0.3 is 10.2 Å². The largest absolute Gasteiger partial charge is 0.350 e. The summed E-state index contributed by atoms with van der Waals surface area (Å²) >= 11 is 13.7. The molecule has 0 heterocycles. The number of thioether (sulfide) groups is 1. The fourth-order valence-corrected chi connectivity index (χ4v) is 4.62. The number of benzene rings is 2. The van der Waals surface area contributed by atoms with Crippen molar-refractivity contribution in [3.63, 3.8) is 0 Å². The van der Waals surface area contributed by atoms with Gasteiger partial charge in [-0.05, 0) is 51.0 Å². The highest BCUT2D eigenvalue weighted by atomic mass is 35.5. The van der Waals surface area contributed by atoms with Crippen molar-refractivity contribution in [1.82, 2.24) is 10.2 Å². The molecule has 0 aromatic heterocycles. The van der Waals surface area contributed by atoms with E-state index >= 15 is 0 Å². The van der Waals surface area contributed by atoms with E-state index in [1.165, 1.54) is 17.8 Å². The number of hydrogen-bond donors (Lipinski definition) is 1. The summed E-state index contributed by atoms with van der Waals surface area (Å²) < 4.78 is 14.1. The van der Waals surface area contributed by atoms with Crippen LogP contribution in [0.2, 0.25) is 10.0 Å². The first-order chi connectivity index (χ1) is 15.0. The fraction of sp³-hybridized carbons (Fsp3) is 0.417. The van der Waals surface area contributed by atoms with E-state index in [1.807, 2.05) is 45.9 Å². The van der Waals surface area contributed by atoms with E-state index in [2.05, 4.69) is 5.32 Å². The van der Waals surface area contributed by atoms with Crippen molar-refractivity contribution >= 4 is 46.8 Å². The van der Waals surface area contributed by atoms with Gasteiger partial charge in [0.05, 0.1) is 5.75 Å². The molecule has 2 rings (SSSR count). The molecule has 0 spiro atoms. The van der Waals surface area contributed by atoms with Gasteiger partial charge in [-0.3, -0.25) is 9.59 Å². The average Bonchev–Trinajstić information content (AvgIpc) is 2.70. The Morgan fingerprint density at radius 1 is 1.09 bits per heavy atom. The Kier molecular flexibility index (Phi) is 9.86. The van der Waals surface area contributed by atoms with Crippen molar-refractivity contribution in [3.05, 3.63) is 69.5 Å². The van der Waals surface area contributed by atoms with Gasteiger partial charge in [-0.15, -0.1) is 11.8 Å². The Morgan fingerprint density at radius 3 is 2.34 bits per heavy atom. The van der Waals surface area contributed by atoms with Gasteiger partial charge in [-0.25, -0.2) is 4.39 Å². The van der Waals surface area contributed by atoms with E-state index in [4.69, 9.17) is 23.2 Å². The van der Waals surface area contributed by atoms with E-state index in [1.54, 1.807) is 23.1 Å². The Balaban J connectivity index is 2.21. The summed E-state index contributed by atoms with van der Waals surface area (Å²) in [6.45, 7) is 7.76. The summed E-state index contributed by atoms with van der Waals surface area (Å²) in [5, 5.41) is 3.82. The molecule has 32 heavy (non-hydrogen) atoms. The molecule has 0 aliphatic rings. The molecule has 0 saturated carbocycles. The predicted molar refractivity (Wildman–Crippen MR) is 132 cm³/mol. The zero-order chi connectivity index (χ0) is 23.9. The fourth-order valence-electron chi connectivity index (χ4n) is 3.18. The highest BCUT2D eigenvalue weighted by molar-refractivity contribution is 7.99. The molecule has 1 atom stereocenters. The lowest BCUT2D eigenvalue weighted by atomic mass is 10.1. The lowest BCUT2D eigenvalue weighted by Crippen LogP contribution is -2.53. The lowest BCUT2D eigenvalue weighted by Gasteiger charge is -2.33. The summed E-state index contributed by atoms with van der Waals surface area (Å²) in [7, 11) is 0. The highest BCUT2D eigenvalue weighted by Crippen LogP contribution is 2.25. The number of nitrogens with zero attached hydrogens (tertiary/aromatic N) is 1. The molecule has 0 aliphatic heterocycles. The molecule has 0 radical (unpaired) electrons. The number of carbonyl (C=O) groups is 2. The van der Waals surface area contributed by atoms with Gasteiger partial charge in [0.25, 0.3) is 0 Å². The molecule has 174 valence electrons. The van der Waals surface area contributed by atoms with E-state index in [0.717, 1.165) is 5.56 Å². The number of nitrogens with one attached hydrogen (secondary N) is 1. The van der Waals surface area contributed by atoms with Crippen molar-refractivity contribution < 1.29 is 14.0 Å². The van der Waals surface area contributed by atoms with Gasteiger partial charge in [0.15, 0.2) is 0 Å². The Morgan fingerprint density at radius 2 is 1.75 bits per heavy atom. The number of amides is 2. The number of halogens is 3. The summed E-state index contributed by atoms with van der Waals surface area (Å²) in [5.41, 5.74) is 0.689. The molecule has 8 heteroatoms. The molecule has 4 nitrogen and oxygen atoms in total. The zero-order valence-corrected chi connectivity index (χ0v) is 21.1. The predicted octanol–water partition coefficient (Wildman–Crippen LogP) is 6.09. The Hall–Kier alpha value is -1.76. The maximum Gasteiger partial charge on any atom is 0.243 e. The van der Waals surface area contributed by atoms with Gasteiger partial charge in [0, 0.05) is 33.4 Å². The minimum absolute atomic E-state index is 0.0778. The van der Waals surface area contributed by atoms with Gasteiger partial charge >= 0.3 is 0 Å². The number of rotatable bonds is 9. The van der Waals surface area contributed by atoms with Gasteiger partial charge in [-0.2, -0.15) is 0 Å². The minimum atomic E-state index is -0.657. The maximum absolute atomic E-state index is 14.1. The second-order valence-corrected chi connectivity index (χ2v) is 10.3. The molecular weight excluding hydrogens is 470 g/mol. The molecule has 0 saturated heterocycles. The van der Waals surface area contributed by atoms with Gasteiger partial charge in [-0.1, -0.05) is 54.4 Å². The molecule has 0 bridgehead atoms. The van der Waals surface area contributed by atoms with E-state index < -0.39 is 17.4 Å². The van der Waals surface area contributed by atoms with E-state index in [9.17, 15) is 14.0 Å². The lowest BCUT2D eigenvalue weighted by molar-refractivity contribution is -0.140. The summed E-state index contributed by atoms with van der Waals surface area (Å²) in [5.74, 6) is -0.515. The molecule has 1 N–H and O–H groups in total. The normalized spacial score (nSPS) is 12.3. The monoisotopic (exact) mass is 498 g/mol. The average molecular weight is 499 g/mol. The quantitative estimate of drug-likeness (QED) is 0.455. The third-order valence-electron chi connectivity index (χ3n) is 4.72. The Bertz CT molecular complexity index is 930. The zero-order valence-electron chi connectivity index (χ0n) is 18.8. The molecular formula is C24H29Cl2FN2O2S. The number of hydrogen-bond acceptors (Lipinski definition) is 3. The van der Waals surface area contributed by atoms with Crippen LogP contribution < -0.4 is 5.32 Å². The molecule has 0 fully saturated rings. The standard InChI is InChI=1S/C24H29Cl2FN2O2S/c1-5-21(23(31)28-24(2,3)4)29(13-16-9-6-7-10-18(16)25)22(30)15-32-14-17-19(26)11-8-12-20(17)27/h6-12,21H,5,13-15H2,1-4H3,(H,28,31). The topological polar surface area (TPSA) is 49.4 Å². The molecule has 2 aromatic carbocycles. The third-order valence-corrected chi connectivity index (χ3v) is 6.38. The SMILES string of the molecule is CCC(C(=O)NC(C)(C)C)N(Cc1ccccc1Cl)C(=O)CSCc1c(F)cccc1Cl. The summed E-state index contributed by atoms with van der Waals surface area (Å²) in [4.78, 5) is 27.8. The first kappa shape index (κ1) is 26.5. The number of carbonyl (C=O) groups excluding carboxylic acids is 2. The molecule has 2 amide bonds. The van der Waals surface area contributed by atoms with Crippen LogP contribution in [0.5, 0.6) is 0 Å². The van der Waals surface area contributed by atoms with Crippen LogP contribution >= 0.6 is 35.0 Å². The van der Waals surface area contributed by atoms with E-state index in [0.29, 0.717) is 22.0 Å². The second-order valence-electron chi connectivity index (χ2n) is 8.47. The first-order valence-electron chi connectivity index (χ1n) is 10.4. The van der Waals surface area contributed by atoms with Crippen LogP contribution in [0.15, 0.2) is 42.5 Å². The van der Waals surface area contributed by atoms with Crippen LogP contribution in [-0.4, -0.2) is 34.0 Å². The van der Waals surface area contributed by atoms with Crippen LogP contribution in [0.4, 0.5) is 4.39 Å². The van der Waals surface area contributed by atoms with Crippen molar-refractivity contribution in [3.8, 4) is 0 Å². The minimum Gasteiger partial charge on any atom is -0.350 e. The van der Waals surface area contributed by atoms with Crippen molar-refractivity contribution in [2.24, 2.45) is 0 Å². The van der Waals surface area contributed by atoms with Crippen LogP contribution in [0.25, 0.3) is 0 Å². The highest BCUT2D eigenvalue weighted by Gasteiger charge is 2.31. The second kappa shape index (κ2) is 11.9. The Labute approximate surface area is 203 Å². The molecule has 2 aromatic rings. The van der Waals surface area contributed by atoms with Gasteiger partial charge in [0.2, 0.25) is 11.8 Å². The maximum atomic E-state index is 14.1. The van der Waals surface area contributed by atoms with Crippen molar-refractivity contribution in [1.29, 1.82) is 0 Å². The van der Waals surface area contributed by atoms with Crippen LogP contribution in [0, 0.1) is 5.82 Å². The van der Waals surface area contributed by atoms with Crippen molar-refractivity contribution in [2.75, 3.05) is 5.75 Å². The molecule has 1 unspecified atom stereocenters. The van der Waals surface area contributed by atoms with Crippen molar-refractivity contribution in [2.45, 2.75) is 58.0 Å². The third kappa shape index (κ3) is 7.68. The van der Waals surface area contributed by atoms with Crippen LogP contribution in [0.1, 0.15) is 45.2 Å². The summed E-state index contributed by atoms with van der Waals surface area (Å²) in [6, 6.07) is 11.1. The smallest absolute Gasteiger partial charge is 0.243 e. The molecule has 0 aliphatic carbocycles. The van der Waals surface area contributed by atoms with Gasteiger partial charge in [0.1, 0.15) is 11.9 Å². The van der Waals surface area contributed by atoms with E-state index in [-0.39, 0.29) is 29.9 Å².